The maximum absolute atomic E-state index is 10.6. The van der Waals surface area contributed by atoms with Gasteiger partial charge < -0.3 is 9.29 Å². The summed E-state index contributed by atoms with van der Waals surface area (Å²) in [5, 5.41) is 3.91. The Balaban J connectivity index is 0.00000162. The van der Waals surface area contributed by atoms with Crippen LogP contribution in [-0.4, -0.2) is 23.5 Å². The molecule has 6 nitrogen and oxygen atoms in total. The molecule has 18 heavy (non-hydrogen) atoms. The van der Waals surface area contributed by atoms with E-state index in [9.17, 15) is 8.76 Å². The maximum Gasteiger partial charge on any atom is 1.00 e. The van der Waals surface area contributed by atoms with E-state index in [4.69, 9.17) is 4.74 Å². The van der Waals surface area contributed by atoms with Gasteiger partial charge in [-0.15, -0.1) is 0 Å². The Hall–Kier alpha value is -0.730. The van der Waals surface area contributed by atoms with Crippen molar-refractivity contribution in [3.63, 3.8) is 0 Å². The van der Waals surface area contributed by atoms with Crippen molar-refractivity contribution in [1.29, 1.82) is 0 Å². The molecule has 0 fully saturated rings. The van der Waals surface area contributed by atoms with Crippen molar-refractivity contribution in [2.24, 2.45) is 7.05 Å². The van der Waals surface area contributed by atoms with Crippen LogP contribution in [0.1, 0.15) is 5.82 Å². The van der Waals surface area contributed by atoms with E-state index >= 15 is 0 Å². The minimum atomic E-state index is -2.21. The van der Waals surface area contributed by atoms with Crippen LogP contribution in [-0.2, 0) is 24.7 Å². The van der Waals surface area contributed by atoms with Gasteiger partial charge in [-0.2, -0.15) is 5.10 Å². The van der Waals surface area contributed by atoms with E-state index in [0.717, 1.165) is 0 Å². The second kappa shape index (κ2) is 7.01. The minimum absolute atomic E-state index is 0. The van der Waals surface area contributed by atoms with Gasteiger partial charge in [-0.1, -0.05) is 0 Å². The molecule has 0 saturated heterocycles. The fraction of sp³-hybridized carbons (Fsp3) is 0.200. The summed E-state index contributed by atoms with van der Waals surface area (Å²) in [6.45, 7) is 0.288. The summed E-state index contributed by atoms with van der Waals surface area (Å²) >= 11 is -2.21. The third kappa shape index (κ3) is 3.89. The van der Waals surface area contributed by atoms with Crippen LogP contribution in [0.15, 0.2) is 35.5 Å². The fourth-order valence-corrected chi connectivity index (χ4v) is 1.60. The van der Waals surface area contributed by atoms with Gasteiger partial charge in [-0.05, 0) is 35.3 Å². The Morgan fingerprint density at radius 2 is 2.06 bits per heavy atom. The molecule has 1 aromatic heterocycles. The molecule has 1 aromatic carbocycles. The van der Waals surface area contributed by atoms with Gasteiger partial charge in [0, 0.05) is 11.9 Å². The summed E-state index contributed by atoms with van der Waals surface area (Å²) in [5.74, 6) is 1.28. The van der Waals surface area contributed by atoms with Crippen LogP contribution in [0.25, 0.3) is 0 Å². The second-order valence-corrected chi connectivity index (χ2v) is 4.24. The number of ether oxygens (including phenoxy) is 1. The van der Waals surface area contributed by atoms with Crippen LogP contribution < -0.4 is 34.3 Å². The van der Waals surface area contributed by atoms with Crippen LogP contribution in [0, 0.1) is 0 Å². The van der Waals surface area contributed by atoms with Gasteiger partial charge >= 0.3 is 29.6 Å². The van der Waals surface area contributed by atoms with Crippen LogP contribution in [0.5, 0.6) is 5.75 Å². The number of rotatable bonds is 4. The Kier molecular flexibility index (Phi) is 5.97. The molecule has 0 spiro atoms. The molecule has 0 aliphatic heterocycles. The van der Waals surface area contributed by atoms with Gasteiger partial charge in [0.15, 0.2) is 5.82 Å². The number of aryl methyl sites for hydroxylation is 1. The molecule has 1 unspecified atom stereocenters. The van der Waals surface area contributed by atoms with Crippen LogP contribution in [0.2, 0.25) is 0 Å². The summed E-state index contributed by atoms with van der Waals surface area (Å²) in [4.78, 5) is 4.24. The van der Waals surface area contributed by atoms with Gasteiger partial charge in [0.05, 0.1) is 0 Å². The zero-order chi connectivity index (χ0) is 12.3. The standard InChI is InChI=1S/C10H11N3O3S.Na/c1-13-10(11-7-12-13)6-16-8-2-4-9(5-3-8)17(14)15;/h2-5,7H,6H2,1H3,(H,14,15);/q;+1/p-1. The Morgan fingerprint density at radius 1 is 1.39 bits per heavy atom. The zero-order valence-electron chi connectivity index (χ0n) is 10.1. The van der Waals surface area contributed by atoms with Crippen molar-refractivity contribution in [1.82, 2.24) is 14.8 Å². The van der Waals surface area contributed by atoms with Gasteiger partial charge in [0.25, 0.3) is 0 Å². The van der Waals surface area contributed by atoms with E-state index in [1.54, 1.807) is 23.9 Å². The molecule has 1 atom stereocenters. The van der Waals surface area contributed by atoms with E-state index < -0.39 is 11.1 Å². The normalized spacial score (nSPS) is 11.7. The van der Waals surface area contributed by atoms with E-state index in [1.807, 2.05) is 0 Å². The van der Waals surface area contributed by atoms with Crippen LogP contribution in [0.3, 0.4) is 0 Å². The molecule has 0 saturated carbocycles. The van der Waals surface area contributed by atoms with E-state index in [2.05, 4.69) is 10.1 Å². The van der Waals surface area contributed by atoms with Gasteiger partial charge in [-0.25, -0.2) is 4.98 Å². The molecule has 0 N–H and O–H groups in total. The Morgan fingerprint density at radius 3 is 2.56 bits per heavy atom. The summed E-state index contributed by atoms with van der Waals surface area (Å²) in [5.41, 5.74) is 0. The van der Waals surface area contributed by atoms with Crippen LogP contribution in [0.4, 0.5) is 0 Å². The first kappa shape index (κ1) is 15.3. The van der Waals surface area contributed by atoms with Gasteiger partial charge in [0.2, 0.25) is 0 Å². The quantitative estimate of drug-likeness (QED) is 0.460. The second-order valence-electron chi connectivity index (χ2n) is 3.29. The third-order valence-corrected chi connectivity index (χ3v) is 2.85. The van der Waals surface area contributed by atoms with Gasteiger partial charge in [0.1, 0.15) is 18.7 Å². The molecule has 0 bridgehead atoms. The maximum atomic E-state index is 10.6. The van der Waals surface area contributed by atoms with E-state index in [-0.39, 0.29) is 41.1 Å². The topological polar surface area (TPSA) is 80.1 Å². The van der Waals surface area contributed by atoms with E-state index in [1.165, 1.54) is 18.5 Å². The first-order valence-electron chi connectivity index (χ1n) is 4.82. The van der Waals surface area contributed by atoms with Crippen LogP contribution >= 0.6 is 0 Å². The van der Waals surface area contributed by atoms with Crippen molar-refractivity contribution >= 4 is 11.1 Å². The SMILES string of the molecule is Cn1ncnc1COc1ccc(S(=O)[O-])cc1.[Na+]. The van der Waals surface area contributed by atoms with Crippen molar-refractivity contribution in [2.45, 2.75) is 11.5 Å². The third-order valence-electron chi connectivity index (χ3n) is 2.19. The molecule has 0 aliphatic carbocycles. The summed E-state index contributed by atoms with van der Waals surface area (Å²) in [6, 6.07) is 6.16. The fourth-order valence-electron chi connectivity index (χ4n) is 1.25. The first-order chi connectivity index (χ1) is 8.16. The largest absolute Gasteiger partial charge is 1.00 e. The summed E-state index contributed by atoms with van der Waals surface area (Å²) < 4.78 is 28.3. The number of hydrogen-bond acceptors (Lipinski definition) is 5. The average molecular weight is 275 g/mol. The number of aromatic nitrogens is 3. The summed E-state index contributed by atoms with van der Waals surface area (Å²) in [6.07, 6.45) is 1.45. The molecule has 0 radical (unpaired) electrons. The monoisotopic (exact) mass is 275 g/mol. The number of hydrogen-bond donors (Lipinski definition) is 0. The van der Waals surface area contributed by atoms with Crippen molar-refractivity contribution in [2.75, 3.05) is 0 Å². The number of nitrogens with zero attached hydrogens (tertiary/aromatic N) is 3. The predicted molar refractivity (Wildman–Crippen MR) is 59.0 cm³/mol. The van der Waals surface area contributed by atoms with E-state index in [0.29, 0.717) is 11.6 Å². The molecular formula is C10H10N3NaO3S. The first-order valence-corrected chi connectivity index (χ1v) is 5.89. The predicted octanol–water partition coefficient (Wildman–Crippen LogP) is -2.36. The molecular weight excluding hydrogens is 265 g/mol. The molecule has 2 aromatic rings. The average Bonchev–Trinajstić information content (AvgIpc) is 2.73. The molecule has 0 aliphatic rings. The van der Waals surface area contributed by atoms with Crippen molar-refractivity contribution in [3.05, 3.63) is 36.4 Å². The summed E-state index contributed by atoms with van der Waals surface area (Å²) in [7, 11) is 1.77. The minimum Gasteiger partial charge on any atom is -0.768 e. The van der Waals surface area contributed by atoms with Crippen molar-refractivity contribution in [3.8, 4) is 5.75 Å². The van der Waals surface area contributed by atoms with Gasteiger partial charge in [-0.3, -0.25) is 8.89 Å². The van der Waals surface area contributed by atoms with Crippen molar-refractivity contribution < 1.29 is 43.1 Å². The molecule has 2 rings (SSSR count). The zero-order valence-corrected chi connectivity index (χ0v) is 12.9. The molecule has 0 amide bonds. The smallest absolute Gasteiger partial charge is 0.768 e. The Bertz CT molecular complexity index is 529. The molecule has 90 valence electrons. The molecule has 1 heterocycles. The Labute approximate surface area is 129 Å². The molecule has 8 heteroatoms. The number of benzene rings is 1.